The molecule has 0 radical (unpaired) electrons. The number of methoxy groups -OCH3 is 1. The molecule has 2 aromatic rings. The Morgan fingerprint density at radius 1 is 1.35 bits per heavy atom. The quantitative estimate of drug-likeness (QED) is 0.723. The molecule has 2 N–H and O–H groups in total. The Balaban J connectivity index is 2.38. The van der Waals surface area contributed by atoms with Gasteiger partial charge in [0, 0.05) is 17.9 Å². The van der Waals surface area contributed by atoms with Gasteiger partial charge in [0.2, 0.25) is 0 Å². The first-order chi connectivity index (χ1) is 8.11. The van der Waals surface area contributed by atoms with E-state index >= 15 is 0 Å². The lowest BCUT2D eigenvalue weighted by Crippen LogP contribution is -2.28. The van der Waals surface area contributed by atoms with Crippen molar-refractivity contribution in [3.05, 3.63) is 36.2 Å². The first-order valence-corrected chi connectivity index (χ1v) is 5.17. The SMILES string of the molecule is COc1ccc(-n2cc(B(O)O)cn2)c(C)c1. The summed E-state index contributed by atoms with van der Waals surface area (Å²) in [6, 6.07) is 5.60. The smallest absolute Gasteiger partial charge is 0.491 e. The molecule has 0 unspecified atom stereocenters. The van der Waals surface area contributed by atoms with Crippen LogP contribution in [0.2, 0.25) is 0 Å². The third kappa shape index (κ3) is 2.32. The van der Waals surface area contributed by atoms with Crippen LogP contribution < -0.4 is 10.2 Å². The van der Waals surface area contributed by atoms with Gasteiger partial charge in [-0.25, -0.2) is 4.68 Å². The Bertz CT molecular complexity index is 525. The van der Waals surface area contributed by atoms with Crippen LogP contribution in [0.25, 0.3) is 5.69 Å². The van der Waals surface area contributed by atoms with Crippen molar-refractivity contribution in [3.8, 4) is 11.4 Å². The van der Waals surface area contributed by atoms with E-state index in [9.17, 15) is 0 Å². The van der Waals surface area contributed by atoms with Gasteiger partial charge in [0.25, 0.3) is 0 Å². The van der Waals surface area contributed by atoms with Crippen LogP contribution in [0.3, 0.4) is 0 Å². The standard InChI is InChI=1S/C11H13BN2O3/c1-8-5-10(17-2)3-4-11(8)14-7-9(6-13-14)12(15)16/h3-7,15-16H,1-2H3. The zero-order valence-corrected chi connectivity index (χ0v) is 9.66. The van der Waals surface area contributed by atoms with E-state index in [0.29, 0.717) is 5.46 Å². The highest BCUT2D eigenvalue weighted by molar-refractivity contribution is 6.58. The van der Waals surface area contributed by atoms with E-state index in [1.165, 1.54) is 6.20 Å². The molecule has 0 aliphatic heterocycles. The molecular formula is C11H13BN2O3. The second-order valence-electron chi connectivity index (χ2n) is 3.74. The van der Waals surface area contributed by atoms with Gasteiger partial charge < -0.3 is 14.8 Å². The van der Waals surface area contributed by atoms with E-state index in [-0.39, 0.29) is 0 Å². The van der Waals surface area contributed by atoms with Gasteiger partial charge in [-0.15, -0.1) is 0 Å². The van der Waals surface area contributed by atoms with Crippen molar-refractivity contribution in [2.45, 2.75) is 6.92 Å². The van der Waals surface area contributed by atoms with Crippen LogP contribution in [0.5, 0.6) is 5.75 Å². The zero-order valence-electron chi connectivity index (χ0n) is 9.66. The molecule has 1 aromatic heterocycles. The largest absolute Gasteiger partial charge is 0.497 e. The molecule has 0 spiro atoms. The van der Waals surface area contributed by atoms with Crippen molar-refractivity contribution in [2.75, 3.05) is 7.11 Å². The second-order valence-corrected chi connectivity index (χ2v) is 3.74. The van der Waals surface area contributed by atoms with Crippen molar-refractivity contribution in [1.29, 1.82) is 0 Å². The molecule has 88 valence electrons. The summed E-state index contributed by atoms with van der Waals surface area (Å²) in [7, 11) is 0.116. The summed E-state index contributed by atoms with van der Waals surface area (Å²) < 4.78 is 6.72. The minimum Gasteiger partial charge on any atom is -0.497 e. The van der Waals surface area contributed by atoms with Gasteiger partial charge >= 0.3 is 7.12 Å². The van der Waals surface area contributed by atoms with Crippen LogP contribution >= 0.6 is 0 Å². The maximum absolute atomic E-state index is 9.02. The fourth-order valence-corrected chi connectivity index (χ4v) is 1.61. The molecule has 5 nitrogen and oxygen atoms in total. The predicted octanol–water partition coefficient (Wildman–Crippen LogP) is -0.131. The molecule has 1 heterocycles. The molecule has 0 aliphatic rings. The fraction of sp³-hybridized carbons (Fsp3) is 0.182. The highest BCUT2D eigenvalue weighted by atomic mass is 16.5. The molecule has 17 heavy (non-hydrogen) atoms. The maximum atomic E-state index is 9.02. The third-order valence-electron chi connectivity index (χ3n) is 2.55. The molecule has 0 fully saturated rings. The van der Waals surface area contributed by atoms with Gasteiger partial charge in [0.05, 0.1) is 12.8 Å². The summed E-state index contributed by atoms with van der Waals surface area (Å²) in [5.41, 5.74) is 2.23. The molecule has 0 bridgehead atoms. The van der Waals surface area contributed by atoms with Crippen molar-refractivity contribution >= 4 is 12.6 Å². The monoisotopic (exact) mass is 232 g/mol. The molecule has 0 saturated carbocycles. The van der Waals surface area contributed by atoms with Crippen LogP contribution in [0.1, 0.15) is 5.56 Å². The predicted molar refractivity (Wildman–Crippen MR) is 64.7 cm³/mol. The van der Waals surface area contributed by atoms with Gasteiger partial charge in [-0.3, -0.25) is 0 Å². The number of benzene rings is 1. The van der Waals surface area contributed by atoms with E-state index in [1.54, 1.807) is 18.0 Å². The van der Waals surface area contributed by atoms with Crippen LogP contribution in [-0.4, -0.2) is 34.1 Å². The van der Waals surface area contributed by atoms with E-state index in [0.717, 1.165) is 17.0 Å². The normalized spacial score (nSPS) is 10.4. The number of ether oxygens (including phenoxy) is 1. The van der Waals surface area contributed by atoms with Crippen LogP contribution in [0, 0.1) is 6.92 Å². The first-order valence-electron chi connectivity index (χ1n) is 5.17. The number of hydrogen-bond acceptors (Lipinski definition) is 4. The molecule has 2 rings (SSSR count). The summed E-state index contributed by atoms with van der Waals surface area (Å²) in [5, 5.41) is 22.1. The number of aryl methyl sites for hydroxylation is 1. The van der Waals surface area contributed by atoms with Crippen LogP contribution in [-0.2, 0) is 0 Å². The third-order valence-corrected chi connectivity index (χ3v) is 2.55. The Kier molecular flexibility index (Phi) is 3.17. The Morgan fingerprint density at radius 3 is 2.65 bits per heavy atom. The number of hydrogen-bond donors (Lipinski definition) is 2. The number of nitrogens with zero attached hydrogens (tertiary/aromatic N) is 2. The minimum absolute atomic E-state index is 0.361. The van der Waals surface area contributed by atoms with E-state index in [2.05, 4.69) is 5.10 Å². The topological polar surface area (TPSA) is 67.5 Å². The average molecular weight is 232 g/mol. The summed E-state index contributed by atoms with van der Waals surface area (Å²) >= 11 is 0. The highest BCUT2D eigenvalue weighted by Crippen LogP contribution is 2.19. The average Bonchev–Trinajstić information content (AvgIpc) is 2.78. The molecule has 6 heteroatoms. The van der Waals surface area contributed by atoms with Gasteiger partial charge in [0.1, 0.15) is 5.75 Å². The fourth-order valence-electron chi connectivity index (χ4n) is 1.61. The molecule has 0 atom stereocenters. The van der Waals surface area contributed by atoms with Crippen LogP contribution in [0.15, 0.2) is 30.6 Å². The van der Waals surface area contributed by atoms with Crippen LogP contribution in [0.4, 0.5) is 0 Å². The summed E-state index contributed by atoms with van der Waals surface area (Å²) in [6.45, 7) is 1.94. The number of rotatable bonds is 3. The Labute approximate surface area is 99.4 Å². The van der Waals surface area contributed by atoms with Crippen molar-refractivity contribution in [2.24, 2.45) is 0 Å². The molecule has 0 saturated heterocycles. The number of aromatic nitrogens is 2. The first kappa shape index (κ1) is 11.7. The van der Waals surface area contributed by atoms with Crippen molar-refractivity contribution in [1.82, 2.24) is 9.78 Å². The van der Waals surface area contributed by atoms with Gasteiger partial charge in [-0.1, -0.05) is 0 Å². The molecule has 0 amide bonds. The maximum Gasteiger partial charge on any atom is 0.491 e. The molecule has 0 aliphatic carbocycles. The van der Waals surface area contributed by atoms with Gasteiger partial charge in [-0.05, 0) is 30.7 Å². The zero-order chi connectivity index (χ0) is 12.4. The highest BCUT2D eigenvalue weighted by Gasteiger charge is 2.14. The van der Waals surface area contributed by atoms with E-state index < -0.39 is 7.12 Å². The lowest BCUT2D eigenvalue weighted by Gasteiger charge is -2.07. The van der Waals surface area contributed by atoms with Gasteiger partial charge in [-0.2, -0.15) is 5.10 Å². The molecular weight excluding hydrogens is 219 g/mol. The van der Waals surface area contributed by atoms with Crippen molar-refractivity contribution < 1.29 is 14.8 Å². The summed E-state index contributed by atoms with van der Waals surface area (Å²) in [5.74, 6) is 0.779. The lowest BCUT2D eigenvalue weighted by atomic mass is 9.83. The van der Waals surface area contributed by atoms with E-state index in [1.807, 2.05) is 25.1 Å². The van der Waals surface area contributed by atoms with Crippen molar-refractivity contribution in [3.63, 3.8) is 0 Å². The van der Waals surface area contributed by atoms with Gasteiger partial charge in [0.15, 0.2) is 0 Å². The summed E-state index contributed by atoms with van der Waals surface area (Å²) in [6.07, 6.45) is 3.01. The summed E-state index contributed by atoms with van der Waals surface area (Å²) in [4.78, 5) is 0. The van der Waals surface area contributed by atoms with E-state index in [4.69, 9.17) is 14.8 Å². The Hall–Kier alpha value is -1.79. The second kappa shape index (κ2) is 4.61. The Morgan fingerprint density at radius 2 is 2.12 bits per heavy atom. The molecule has 1 aromatic carbocycles. The minimum atomic E-state index is -1.50. The lowest BCUT2D eigenvalue weighted by molar-refractivity contribution is 0.414.